The van der Waals surface area contributed by atoms with Gasteiger partial charge in [-0.05, 0) is 42.5 Å². The molecule has 41 heavy (non-hydrogen) atoms. The highest BCUT2D eigenvalue weighted by Gasteiger charge is 2.32. The molecule has 1 unspecified atom stereocenters. The lowest BCUT2D eigenvalue weighted by atomic mass is 10.0. The standard InChI is InChI=1S/C32H45N3O6/c1-5-6-7-16-41-30-20-27(11-12-28(30)38-3)35-22-24(2)21-34(32(35)37)23-26-10-9-25(18-29(26)39-4)19-31(36)33-13-8-15-40-17-14-33/h9-12,18,20,24H,5-8,13-17,19,21-23H2,1-4H3. The lowest BCUT2D eigenvalue weighted by molar-refractivity contribution is -0.130. The van der Waals surface area contributed by atoms with Gasteiger partial charge in [-0.3, -0.25) is 9.69 Å². The highest BCUT2D eigenvalue weighted by Crippen LogP contribution is 2.34. The molecule has 4 rings (SSSR count). The Bertz CT molecular complexity index is 1160. The molecule has 3 amide bonds. The van der Waals surface area contributed by atoms with Gasteiger partial charge in [0.1, 0.15) is 5.75 Å². The molecule has 0 radical (unpaired) electrons. The summed E-state index contributed by atoms with van der Waals surface area (Å²) in [6, 6.07) is 11.5. The van der Waals surface area contributed by atoms with Gasteiger partial charge in [0.2, 0.25) is 5.91 Å². The van der Waals surface area contributed by atoms with Crippen LogP contribution >= 0.6 is 0 Å². The monoisotopic (exact) mass is 567 g/mol. The van der Waals surface area contributed by atoms with Crippen molar-refractivity contribution in [3.8, 4) is 17.2 Å². The van der Waals surface area contributed by atoms with Gasteiger partial charge in [-0.1, -0.05) is 38.8 Å². The van der Waals surface area contributed by atoms with E-state index in [-0.39, 0.29) is 17.9 Å². The van der Waals surface area contributed by atoms with Crippen molar-refractivity contribution in [2.24, 2.45) is 5.92 Å². The molecule has 9 nitrogen and oxygen atoms in total. The molecule has 2 fully saturated rings. The van der Waals surface area contributed by atoms with E-state index in [1.54, 1.807) is 14.2 Å². The fourth-order valence-electron chi connectivity index (χ4n) is 5.42. The number of carbonyl (C=O) groups is 2. The molecule has 0 N–H and O–H groups in total. The van der Waals surface area contributed by atoms with Crippen LogP contribution in [0, 0.1) is 5.92 Å². The number of hydrogen-bond donors (Lipinski definition) is 0. The number of benzene rings is 2. The van der Waals surface area contributed by atoms with E-state index >= 15 is 0 Å². The van der Waals surface area contributed by atoms with Crippen molar-refractivity contribution >= 4 is 17.6 Å². The third kappa shape index (κ3) is 8.06. The second-order valence-electron chi connectivity index (χ2n) is 10.9. The van der Waals surface area contributed by atoms with Crippen molar-refractivity contribution in [1.29, 1.82) is 0 Å². The molecular formula is C32H45N3O6. The minimum atomic E-state index is -0.0603. The van der Waals surface area contributed by atoms with Crippen LogP contribution in [-0.4, -0.2) is 82.0 Å². The smallest absolute Gasteiger partial charge is 0.324 e. The number of rotatable bonds is 12. The van der Waals surface area contributed by atoms with Crippen molar-refractivity contribution in [1.82, 2.24) is 9.80 Å². The zero-order valence-corrected chi connectivity index (χ0v) is 25.0. The predicted molar refractivity (Wildman–Crippen MR) is 159 cm³/mol. The van der Waals surface area contributed by atoms with Crippen molar-refractivity contribution in [2.75, 3.05) is 65.1 Å². The average Bonchev–Trinajstić information content (AvgIpc) is 3.27. The molecule has 9 heteroatoms. The van der Waals surface area contributed by atoms with Crippen LogP contribution in [0.1, 0.15) is 50.7 Å². The normalized spacial score (nSPS) is 17.8. The number of carbonyl (C=O) groups excluding carboxylic acids is 2. The molecule has 0 bridgehead atoms. The Morgan fingerprint density at radius 1 is 0.976 bits per heavy atom. The van der Waals surface area contributed by atoms with E-state index in [2.05, 4.69) is 13.8 Å². The van der Waals surface area contributed by atoms with Crippen LogP contribution in [0.15, 0.2) is 36.4 Å². The maximum Gasteiger partial charge on any atom is 0.324 e. The Hall–Kier alpha value is -3.46. The second-order valence-corrected chi connectivity index (χ2v) is 10.9. The molecule has 0 spiro atoms. The summed E-state index contributed by atoms with van der Waals surface area (Å²) in [4.78, 5) is 32.2. The maximum absolute atomic E-state index is 13.7. The summed E-state index contributed by atoms with van der Waals surface area (Å²) in [7, 11) is 3.26. The van der Waals surface area contributed by atoms with Crippen LogP contribution in [0.4, 0.5) is 10.5 Å². The number of methoxy groups -OCH3 is 2. The zero-order valence-electron chi connectivity index (χ0n) is 25.0. The number of unbranched alkanes of at least 4 members (excludes halogenated alkanes) is 2. The predicted octanol–water partition coefficient (Wildman–Crippen LogP) is 5.14. The highest BCUT2D eigenvalue weighted by molar-refractivity contribution is 5.93. The summed E-state index contributed by atoms with van der Waals surface area (Å²) in [5.41, 5.74) is 2.59. The van der Waals surface area contributed by atoms with Crippen LogP contribution in [0.2, 0.25) is 0 Å². The molecule has 2 aromatic carbocycles. The van der Waals surface area contributed by atoms with Crippen LogP contribution in [0.25, 0.3) is 0 Å². The van der Waals surface area contributed by atoms with Crippen LogP contribution in [0.5, 0.6) is 17.2 Å². The summed E-state index contributed by atoms with van der Waals surface area (Å²) in [6.45, 7) is 9.23. The summed E-state index contributed by atoms with van der Waals surface area (Å²) in [5, 5.41) is 0. The van der Waals surface area contributed by atoms with Gasteiger partial charge in [-0.2, -0.15) is 0 Å². The topological polar surface area (TPSA) is 80.8 Å². The van der Waals surface area contributed by atoms with Crippen molar-refractivity contribution in [3.05, 3.63) is 47.5 Å². The van der Waals surface area contributed by atoms with Gasteiger partial charge in [0.05, 0.1) is 40.4 Å². The van der Waals surface area contributed by atoms with Gasteiger partial charge >= 0.3 is 6.03 Å². The first-order valence-corrected chi connectivity index (χ1v) is 14.8. The van der Waals surface area contributed by atoms with E-state index < -0.39 is 0 Å². The van der Waals surface area contributed by atoms with Crippen molar-refractivity contribution in [2.45, 2.75) is 52.5 Å². The molecule has 2 aliphatic rings. The first-order valence-electron chi connectivity index (χ1n) is 14.8. The number of urea groups is 1. The molecule has 0 saturated carbocycles. The second kappa shape index (κ2) is 15.0. The largest absolute Gasteiger partial charge is 0.496 e. The summed E-state index contributed by atoms with van der Waals surface area (Å²) < 4.78 is 22.7. The SMILES string of the molecule is CCCCCOc1cc(N2CC(C)CN(Cc3ccc(CC(=O)N4CCCOCC4)cc3OC)C2=O)ccc1OC. The number of amides is 3. The molecule has 2 saturated heterocycles. The Balaban J connectivity index is 1.46. The van der Waals surface area contributed by atoms with Crippen molar-refractivity contribution < 1.29 is 28.5 Å². The molecule has 2 aromatic rings. The lowest BCUT2D eigenvalue weighted by Gasteiger charge is -2.39. The van der Waals surface area contributed by atoms with E-state index in [1.165, 1.54) is 0 Å². The molecule has 224 valence electrons. The Labute approximate surface area is 244 Å². The summed E-state index contributed by atoms with van der Waals surface area (Å²) >= 11 is 0. The molecule has 2 aliphatic heterocycles. The zero-order chi connectivity index (χ0) is 29.2. The van der Waals surface area contributed by atoms with Gasteiger partial charge < -0.3 is 28.7 Å². The van der Waals surface area contributed by atoms with Gasteiger partial charge in [0.25, 0.3) is 0 Å². The minimum Gasteiger partial charge on any atom is -0.496 e. The van der Waals surface area contributed by atoms with Crippen molar-refractivity contribution in [3.63, 3.8) is 0 Å². The summed E-state index contributed by atoms with van der Waals surface area (Å²) in [5.74, 6) is 2.35. The third-order valence-corrected chi connectivity index (χ3v) is 7.64. The van der Waals surface area contributed by atoms with Gasteiger partial charge in [-0.25, -0.2) is 4.79 Å². The van der Waals surface area contributed by atoms with Crippen LogP contribution in [-0.2, 0) is 22.5 Å². The molecular weight excluding hydrogens is 522 g/mol. The Morgan fingerprint density at radius 3 is 2.59 bits per heavy atom. The minimum absolute atomic E-state index is 0.0603. The average molecular weight is 568 g/mol. The number of anilines is 1. The van der Waals surface area contributed by atoms with Crippen LogP contribution < -0.4 is 19.1 Å². The third-order valence-electron chi connectivity index (χ3n) is 7.64. The maximum atomic E-state index is 13.7. The molecule has 1 atom stereocenters. The lowest BCUT2D eigenvalue weighted by Crippen LogP contribution is -2.52. The number of hydrogen-bond acceptors (Lipinski definition) is 6. The quantitative estimate of drug-likeness (QED) is 0.331. The van der Waals surface area contributed by atoms with Gasteiger partial charge in [-0.15, -0.1) is 0 Å². The van der Waals surface area contributed by atoms with Gasteiger partial charge in [0, 0.05) is 50.1 Å². The first kappa shape index (κ1) is 30.5. The first-order chi connectivity index (χ1) is 19.9. The fraction of sp³-hybridized carbons (Fsp3) is 0.562. The highest BCUT2D eigenvalue weighted by atomic mass is 16.5. The van der Waals surface area contributed by atoms with E-state index in [4.69, 9.17) is 18.9 Å². The molecule has 0 aliphatic carbocycles. The van der Waals surface area contributed by atoms with Crippen LogP contribution in [0.3, 0.4) is 0 Å². The Kier molecular flexibility index (Phi) is 11.1. The van der Waals surface area contributed by atoms with E-state index in [0.717, 1.165) is 49.0 Å². The number of ether oxygens (including phenoxy) is 4. The van der Waals surface area contributed by atoms with E-state index in [9.17, 15) is 9.59 Å². The number of nitrogens with zero attached hydrogens (tertiary/aromatic N) is 3. The van der Waals surface area contributed by atoms with Gasteiger partial charge in [0.15, 0.2) is 11.5 Å². The van der Waals surface area contributed by atoms with E-state index in [1.807, 2.05) is 51.1 Å². The van der Waals surface area contributed by atoms with E-state index in [0.29, 0.717) is 69.7 Å². The fourth-order valence-corrected chi connectivity index (χ4v) is 5.42. The summed E-state index contributed by atoms with van der Waals surface area (Å²) in [6.07, 6.45) is 4.37. The molecule has 2 heterocycles. The molecule has 0 aromatic heterocycles. The Morgan fingerprint density at radius 2 is 1.80 bits per heavy atom.